The summed E-state index contributed by atoms with van der Waals surface area (Å²) in [5.41, 5.74) is 3.10. The number of likely N-dealkylation sites (tertiary alicyclic amines) is 1. The van der Waals surface area contributed by atoms with Crippen LogP contribution in [0.5, 0.6) is 0 Å². The Hall–Kier alpha value is -1.70. The number of β-amino-alcohol motifs (C(OH)–C–C–N with tert-alkyl or cyclic N) is 1. The van der Waals surface area contributed by atoms with Crippen LogP contribution in [0.25, 0.3) is 10.9 Å². The number of anilines is 1. The standard InChI is InChI=1S/C22H27ClN4O2S/c23-14-7-13-8-19(26-21(13)18(9-14)24-15-3-1-2-4-15)22-25-16(12-30-22)10-20(29)27-6-5-17(28)11-27/h7-9,15-17,24,26,28H,1-6,10-12H2/t16-,17?/m1/s1. The summed E-state index contributed by atoms with van der Waals surface area (Å²) < 4.78 is 0. The predicted octanol–water partition coefficient (Wildman–Crippen LogP) is 4.02. The van der Waals surface area contributed by atoms with Crippen LogP contribution in [0.2, 0.25) is 5.02 Å². The lowest BCUT2D eigenvalue weighted by atomic mass is 10.2. The van der Waals surface area contributed by atoms with Crippen LogP contribution in [-0.4, -0.2) is 63.0 Å². The fraction of sp³-hybridized carbons (Fsp3) is 0.545. The third-order valence-corrected chi connectivity index (χ3v) is 7.65. The SMILES string of the molecule is O=C(C[C@@H]1CSC(c2cc3cc(Cl)cc(NC4CCCC4)c3[nH]2)=N1)N1CCC(O)C1. The van der Waals surface area contributed by atoms with Crippen molar-refractivity contribution in [1.82, 2.24) is 9.88 Å². The highest BCUT2D eigenvalue weighted by atomic mass is 35.5. The third kappa shape index (κ3) is 4.20. The number of amides is 1. The van der Waals surface area contributed by atoms with Gasteiger partial charge in [0.1, 0.15) is 5.04 Å². The molecule has 8 heteroatoms. The zero-order valence-corrected chi connectivity index (χ0v) is 18.4. The molecule has 0 spiro atoms. The van der Waals surface area contributed by atoms with Crippen LogP contribution < -0.4 is 5.32 Å². The van der Waals surface area contributed by atoms with Gasteiger partial charge < -0.3 is 20.3 Å². The van der Waals surface area contributed by atoms with Crippen LogP contribution >= 0.6 is 23.4 Å². The van der Waals surface area contributed by atoms with E-state index in [2.05, 4.69) is 16.4 Å². The van der Waals surface area contributed by atoms with E-state index in [1.165, 1.54) is 25.7 Å². The molecule has 5 rings (SSSR count). The Morgan fingerprint density at radius 3 is 2.90 bits per heavy atom. The number of fused-ring (bicyclic) bond motifs is 1. The molecule has 0 radical (unpaired) electrons. The molecule has 2 aliphatic heterocycles. The van der Waals surface area contributed by atoms with E-state index in [1.807, 2.05) is 12.1 Å². The number of aliphatic imine (C=N–C) groups is 1. The van der Waals surface area contributed by atoms with E-state index in [-0.39, 0.29) is 18.1 Å². The van der Waals surface area contributed by atoms with Gasteiger partial charge in [0.2, 0.25) is 5.91 Å². The van der Waals surface area contributed by atoms with Crippen LogP contribution in [0.1, 0.15) is 44.2 Å². The number of rotatable bonds is 5. The second kappa shape index (κ2) is 8.44. The van der Waals surface area contributed by atoms with E-state index in [1.54, 1.807) is 16.7 Å². The number of hydrogen-bond acceptors (Lipinski definition) is 5. The minimum atomic E-state index is -0.379. The first-order valence-electron chi connectivity index (χ1n) is 10.8. The first-order valence-corrected chi connectivity index (χ1v) is 12.2. The van der Waals surface area contributed by atoms with Gasteiger partial charge in [-0.3, -0.25) is 9.79 Å². The van der Waals surface area contributed by atoms with Crippen molar-refractivity contribution in [3.63, 3.8) is 0 Å². The second-order valence-corrected chi connectivity index (χ2v) is 10.1. The van der Waals surface area contributed by atoms with Crippen molar-refractivity contribution in [1.29, 1.82) is 0 Å². The maximum absolute atomic E-state index is 12.5. The molecule has 1 amide bonds. The topological polar surface area (TPSA) is 80.7 Å². The Morgan fingerprint density at radius 2 is 2.13 bits per heavy atom. The van der Waals surface area contributed by atoms with Crippen molar-refractivity contribution in [2.24, 2.45) is 4.99 Å². The Labute approximate surface area is 185 Å². The number of nitrogens with one attached hydrogen (secondary N) is 2. The van der Waals surface area contributed by atoms with Gasteiger partial charge in [0.25, 0.3) is 0 Å². The van der Waals surface area contributed by atoms with E-state index in [0.29, 0.717) is 32.0 Å². The van der Waals surface area contributed by atoms with E-state index in [4.69, 9.17) is 16.6 Å². The van der Waals surface area contributed by atoms with Crippen molar-refractivity contribution in [3.05, 3.63) is 28.9 Å². The van der Waals surface area contributed by atoms with E-state index >= 15 is 0 Å². The summed E-state index contributed by atoms with van der Waals surface area (Å²) in [4.78, 5) is 22.6. The number of aliphatic hydroxyl groups is 1. The van der Waals surface area contributed by atoms with Crippen molar-refractivity contribution < 1.29 is 9.90 Å². The summed E-state index contributed by atoms with van der Waals surface area (Å²) >= 11 is 8.07. The molecule has 2 aromatic rings. The average Bonchev–Trinajstić information content (AvgIpc) is 3.48. The highest BCUT2D eigenvalue weighted by Gasteiger charge is 2.29. The molecule has 1 saturated heterocycles. The van der Waals surface area contributed by atoms with Crippen LogP contribution in [0.15, 0.2) is 23.2 Å². The summed E-state index contributed by atoms with van der Waals surface area (Å²) in [5.74, 6) is 0.898. The summed E-state index contributed by atoms with van der Waals surface area (Å²) in [6.07, 6.45) is 5.67. The average molecular weight is 447 g/mol. The summed E-state index contributed by atoms with van der Waals surface area (Å²) in [7, 11) is 0. The lowest BCUT2D eigenvalue weighted by Crippen LogP contribution is -2.31. The van der Waals surface area contributed by atoms with Crippen molar-refractivity contribution in [2.45, 2.75) is 56.7 Å². The van der Waals surface area contributed by atoms with Gasteiger partial charge in [-0.05, 0) is 37.5 Å². The highest BCUT2D eigenvalue weighted by Crippen LogP contribution is 2.34. The van der Waals surface area contributed by atoms with Crippen molar-refractivity contribution >= 4 is 50.9 Å². The molecule has 3 heterocycles. The Kier molecular flexibility index (Phi) is 5.69. The number of aliphatic hydroxyl groups excluding tert-OH is 1. The maximum atomic E-state index is 12.5. The molecule has 1 aromatic heterocycles. The number of thioether (sulfide) groups is 1. The maximum Gasteiger partial charge on any atom is 0.224 e. The predicted molar refractivity (Wildman–Crippen MR) is 124 cm³/mol. The lowest BCUT2D eigenvalue weighted by Gasteiger charge is -2.16. The number of benzene rings is 1. The Bertz CT molecular complexity index is 985. The van der Waals surface area contributed by atoms with Gasteiger partial charge in [0.15, 0.2) is 0 Å². The number of aromatic nitrogens is 1. The normalized spacial score (nSPS) is 24.7. The van der Waals surface area contributed by atoms with Gasteiger partial charge in [-0.1, -0.05) is 24.4 Å². The highest BCUT2D eigenvalue weighted by molar-refractivity contribution is 8.14. The first kappa shape index (κ1) is 20.2. The fourth-order valence-electron chi connectivity index (χ4n) is 4.69. The van der Waals surface area contributed by atoms with Gasteiger partial charge >= 0.3 is 0 Å². The van der Waals surface area contributed by atoms with Crippen molar-refractivity contribution in [2.75, 3.05) is 24.2 Å². The number of nitrogens with zero attached hydrogens (tertiary/aromatic N) is 2. The van der Waals surface area contributed by atoms with E-state index in [0.717, 1.165) is 38.1 Å². The van der Waals surface area contributed by atoms with Gasteiger partial charge in [0, 0.05) is 35.3 Å². The van der Waals surface area contributed by atoms with E-state index < -0.39 is 0 Å². The van der Waals surface area contributed by atoms with Crippen LogP contribution in [0, 0.1) is 0 Å². The minimum Gasteiger partial charge on any atom is -0.391 e. The zero-order chi connectivity index (χ0) is 20.7. The molecule has 1 aromatic carbocycles. The Balaban J connectivity index is 1.33. The number of carbonyl (C=O) groups is 1. The Morgan fingerprint density at radius 1 is 1.30 bits per heavy atom. The summed E-state index contributed by atoms with van der Waals surface area (Å²) in [5, 5.41) is 16.1. The van der Waals surface area contributed by atoms with Gasteiger partial charge in [-0.25, -0.2) is 0 Å². The van der Waals surface area contributed by atoms with Gasteiger partial charge in [0.05, 0.1) is 35.5 Å². The number of H-pyrrole nitrogens is 1. The van der Waals surface area contributed by atoms with Crippen LogP contribution in [0.3, 0.4) is 0 Å². The molecular weight excluding hydrogens is 420 g/mol. The fourth-order valence-corrected chi connectivity index (χ4v) is 5.95. The third-order valence-electron chi connectivity index (χ3n) is 6.28. The first-order chi connectivity index (χ1) is 14.5. The largest absolute Gasteiger partial charge is 0.391 e. The molecule has 1 unspecified atom stereocenters. The van der Waals surface area contributed by atoms with Crippen molar-refractivity contribution in [3.8, 4) is 0 Å². The zero-order valence-electron chi connectivity index (χ0n) is 16.9. The molecule has 0 bridgehead atoms. The summed E-state index contributed by atoms with van der Waals surface area (Å²) in [6.45, 7) is 1.10. The molecular formula is C22H27ClN4O2S. The number of hydrogen-bond donors (Lipinski definition) is 3. The molecule has 160 valence electrons. The molecule has 2 atom stereocenters. The molecule has 30 heavy (non-hydrogen) atoms. The monoisotopic (exact) mass is 446 g/mol. The number of carbonyl (C=O) groups excluding carboxylic acids is 1. The number of halogens is 1. The van der Waals surface area contributed by atoms with E-state index in [9.17, 15) is 9.90 Å². The molecule has 1 aliphatic carbocycles. The lowest BCUT2D eigenvalue weighted by molar-refractivity contribution is -0.130. The molecule has 3 N–H and O–H groups in total. The second-order valence-electron chi connectivity index (χ2n) is 8.61. The molecule has 2 fully saturated rings. The minimum absolute atomic E-state index is 0.0127. The van der Waals surface area contributed by atoms with Gasteiger partial charge in [-0.2, -0.15) is 0 Å². The quantitative estimate of drug-likeness (QED) is 0.648. The smallest absolute Gasteiger partial charge is 0.224 e. The van der Waals surface area contributed by atoms with Crippen LogP contribution in [0.4, 0.5) is 5.69 Å². The van der Waals surface area contributed by atoms with Gasteiger partial charge in [-0.15, -0.1) is 11.8 Å². The molecule has 3 aliphatic rings. The summed E-state index contributed by atoms with van der Waals surface area (Å²) in [6, 6.07) is 6.58. The molecule has 1 saturated carbocycles. The molecule has 6 nitrogen and oxygen atoms in total. The number of aromatic amines is 1. The van der Waals surface area contributed by atoms with Crippen LogP contribution in [-0.2, 0) is 4.79 Å².